The molecule has 23 heavy (non-hydrogen) atoms. The molecule has 1 saturated heterocycles. The van der Waals surface area contributed by atoms with E-state index in [4.69, 9.17) is 0 Å². The smallest absolute Gasteiger partial charge is 0.308 e. The number of carbonyl (C=O) groups is 2. The average molecular weight is 310 g/mol. The van der Waals surface area contributed by atoms with Gasteiger partial charge in [0.15, 0.2) is 0 Å². The van der Waals surface area contributed by atoms with Crippen LogP contribution in [0.4, 0.5) is 0 Å². The molecule has 4 rings (SSSR count). The third-order valence-electron chi connectivity index (χ3n) is 5.07. The average Bonchev–Trinajstić information content (AvgIpc) is 3.31. The molecule has 0 bridgehead atoms. The number of rotatable bonds is 3. The Morgan fingerprint density at radius 1 is 1.13 bits per heavy atom. The molecule has 1 amide bonds. The quantitative estimate of drug-likeness (QED) is 0.945. The normalized spacial score (nSPS) is 24.1. The Morgan fingerprint density at radius 3 is 2.65 bits per heavy atom. The van der Waals surface area contributed by atoms with Gasteiger partial charge in [0, 0.05) is 24.7 Å². The van der Waals surface area contributed by atoms with Gasteiger partial charge in [0.2, 0.25) is 0 Å². The van der Waals surface area contributed by atoms with Gasteiger partial charge in [0.05, 0.1) is 5.92 Å². The molecule has 2 heterocycles. The summed E-state index contributed by atoms with van der Waals surface area (Å²) >= 11 is 0. The number of benzene rings is 1. The number of carboxylic acid groups (broad SMARTS) is 1. The van der Waals surface area contributed by atoms with Crippen LogP contribution in [0.2, 0.25) is 0 Å². The van der Waals surface area contributed by atoms with Gasteiger partial charge in [-0.05, 0) is 36.1 Å². The molecular weight excluding hydrogens is 292 g/mol. The Labute approximate surface area is 133 Å². The van der Waals surface area contributed by atoms with Crippen LogP contribution in [0, 0.1) is 17.8 Å². The van der Waals surface area contributed by atoms with E-state index in [0.717, 1.165) is 23.6 Å². The van der Waals surface area contributed by atoms with Gasteiger partial charge < -0.3 is 10.0 Å². The first-order valence-corrected chi connectivity index (χ1v) is 8.01. The van der Waals surface area contributed by atoms with Crippen molar-refractivity contribution in [1.29, 1.82) is 0 Å². The Hall–Kier alpha value is -2.43. The molecule has 2 aliphatic rings. The molecule has 5 nitrogen and oxygen atoms in total. The summed E-state index contributed by atoms with van der Waals surface area (Å²) in [6.45, 7) is 0.825. The summed E-state index contributed by atoms with van der Waals surface area (Å²) in [5.41, 5.74) is 0.420. The second-order valence-corrected chi connectivity index (χ2v) is 6.54. The van der Waals surface area contributed by atoms with Gasteiger partial charge in [-0.3, -0.25) is 14.6 Å². The lowest BCUT2D eigenvalue weighted by molar-refractivity contribution is -0.142. The molecule has 0 spiro atoms. The van der Waals surface area contributed by atoms with Crippen molar-refractivity contribution in [2.24, 2.45) is 17.8 Å². The summed E-state index contributed by atoms with van der Waals surface area (Å²) in [6.07, 6.45) is 3.81. The summed E-state index contributed by atoms with van der Waals surface area (Å²) in [7, 11) is 0. The molecule has 1 N–H and O–H groups in total. The van der Waals surface area contributed by atoms with E-state index in [0.29, 0.717) is 24.7 Å². The van der Waals surface area contributed by atoms with E-state index >= 15 is 0 Å². The van der Waals surface area contributed by atoms with Crippen molar-refractivity contribution >= 4 is 22.6 Å². The summed E-state index contributed by atoms with van der Waals surface area (Å²) in [5.74, 6) is -0.832. The van der Waals surface area contributed by atoms with Crippen LogP contribution < -0.4 is 0 Å². The lowest BCUT2D eigenvalue weighted by Gasteiger charge is -2.16. The van der Waals surface area contributed by atoms with E-state index in [1.165, 1.54) is 0 Å². The van der Waals surface area contributed by atoms with Crippen LogP contribution in [0.1, 0.15) is 23.3 Å². The highest BCUT2D eigenvalue weighted by Crippen LogP contribution is 2.44. The number of pyridine rings is 1. The third-order valence-corrected chi connectivity index (χ3v) is 5.07. The molecule has 118 valence electrons. The van der Waals surface area contributed by atoms with Crippen molar-refractivity contribution in [1.82, 2.24) is 9.88 Å². The molecule has 2 atom stereocenters. The second-order valence-electron chi connectivity index (χ2n) is 6.54. The predicted octanol–water partition coefficient (Wildman–Crippen LogP) is 2.42. The fourth-order valence-electron chi connectivity index (χ4n) is 3.70. The first-order chi connectivity index (χ1) is 11.1. The molecule has 1 saturated carbocycles. The molecule has 5 heteroatoms. The molecular formula is C18H18N2O3. The SMILES string of the molecule is O=C(O)[C@H]1CN(C(=O)c2nccc3ccccc23)C[C@@H]1C1CC1. The topological polar surface area (TPSA) is 70.5 Å². The standard InChI is InChI=1S/C18H18N2O3/c21-17(16-13-4-2-1-3-11(13)7-8-19-16)20-9-14(12-5-6-12)15(10-20)18(22)23/h1-4,7-8,12,14-15H,5-6,9-10H2,(H,22,23)/t14-,15+/m1/s1. The van der Waals surface area contributed by atoms with E-state index < -0.39 is 11.9 Å². The highest BCUT2D eigenvalue weighted by atomic mass is 16.4. The van der Waals surface area contributed by atoms with Gasteiger partial charge >= 0.3 is 5.97 Å². The molecule has 1 aromatic heterocycles. The minimum Gasteiger partial charge on any atom is -0.481 e. The summed E-state index contributed by atoms with van der Waals surface area (Å²) < 4.78 is 0. The number of aliphatic carboxylic acids is 1. The Bertz CT molecular complexity index is 779. The minimum atomic E-state index is -0.789. The number of nitrogens with zero attached hydrogens (tertiary/aromatic N) is 2. The molecule has 0 unspecified atom stereocenters. The van der Waals surface area contributed by atoms with Crippen LogP contribution in [0.25, 0.3) is 10.8 Å². The summed E-state index contributed by atoms with van der Waals surface area (Å²) in [5, 5.41) is 11.2. The van der Waals surface area contributed by atoms with E-state index in [2.05, 4.69) is 4.98 Å². The van der Waals surface area contributed by atoms with Crippen molar-refractivity contribution in [3.63, 3.8) is 0 Å². The number of likely N-dealkylation sites (tertiary alicyclic amines) is 1. The summed E-state index contributed by atoms with van der Waals surface area (Å²) in [6, 6.07) is 9.53. The van der Waals surface area contributed by atoms with E-state index in [9.17, 15) is 14.7 Å². The van der Waals surface area contributed by atoms with Crippen molar-refractivity contribution in [2.75, 3.05) is 13.1 Å². The van der Waals surface area contributed by atoms with Gasteiger partial charge in [-0.1, -0.05) is 24.3 Å². The Kier molecular flexibility index (Phi) is 3.29. The largest absolute Gasteiger partial charge is 0.481 e. The van der Waals surface area contributed by atoms with Gasteiger partial charge in [-0.25, -0.2) is 0 Å². The molecule has 1 aliphatic carbocycles. The molecule has 1 aromatic carbocycles. The number of hydrogen-bond acceptors (Lipinski definition) is 3. The highest BCUT2D eigenvalue weighted by molar-refractivity contribution is 6.05. The Morgan fingerprint density at radius 2 is 1.91 bits per heavy atom. The van der Waals surface area contributed by atoms with Crippen molar-refractivity contribution in [2.45, 2.75) is 12.8 Å². The van der Waals surface area contributed by atoms with Crippen molar-refractivity contribution < 1.29 is 14.7 Å². The number of aromatic nitrogens is 1. The molecule has 2 aromatic rings. The predicted molar refractivity (Wildman–Crippen MR) is 85.0 cm³/mol. The number of carboxylic acids is 1. The van der Waals surface area contributed by atoms with E-state index in [1.54, 1.807) is 11.1 Å². The van der Waals surface area contributed by atoms with Crippen molar-refractivity contribution in [3.8, 4) is 0 Å². The van der Waals surface area contributed by atoms with E-state index in [1.807, 2.05) is 30.3 Å². The first-order valence-electron chi connectivity index (χ1n) is 8.01. The molecule has 1 aliphatic heterocycles. The maximum absolute atomic E-state index is 12.9. The fourth-order valence-corrected chi connectivity index (χ4v) is 3.70. The van der Waals surface area contributed by atoms with Crippen LogP contribution >= 0.6 is 0 Å². The monoisotopic (exact) mass is 310 g/mol. The van der Waals surface area contributed by atoms with E-state index in [-0.39, 0.29) is 11.8 Å². The number of carbonyl (C=O) groups excluding carboxylic acids is 1. The Balaban J connectivity index is 1.65. The minimum absolute atomic E-state index is 0.0893. The second kappa shape index (κ2) is 5.33. The van der Waals surface area contributed by atoms with Crippen LogP contribution in [-0.4, -0.2) is 40.0 Å². The number of amides is 1. The van der Waals surface area contributed by atoms with Gasteiger partial charge in [-0.15, -0.1) is 0 Å². The van der Waals surface area contributed by atoms with Gasteiger partial charge in [-0.2, -0.15) is 0 Å². The lowest BCUT2D eigenvalue weighted by atomic mass is 9.92. The maximum atomic E-state index is 12.9. The highest BCUT2D eigenvalue weighted by Gasteiger charge is 2.47. The zero-order valence-electron chi connectivity index (χ0n) is 12.7. The molecule has 0 radical (unpaired) electrons. The van der Waals surface area contributed by atoms with Crippen LogP contribution in [0.5, 0.6) is 0 Å². The van der Waals surface area contributed by atoms with Crippen molar-refractivity contribution in [3.05, 3.63) is 42.2 Å². The molecule has 2 fully saturated rings. The summed E-state index contributed by atoms with van der Waals surface area (Å²) in [4.78, 5) is 30.3. The van der Waals surface area contributed by atoms with Crippen LogP contribution in [-0.2, 0) is 4.79 Å². The third kappa shape index (κ3) is 2.46. The number of fused-ring (bicyclic) bond motifs is 1. The van der Waals surface area contributed by atoms with Gasteiger partial charge in [0.1, 0.15) is 5.69 Å². The fraction of sp³-hybridized carbons (Fsp3) is 0.389. The lowest BCUT2D eigenvalue weighted by Crippen LogP contribution is -2.30. The van der Waals surface area contributed by atoms with Crippen LogP contribution in [0.15, 0.2) is 36.5 Å². The van der Waals surface area contributed by atoms with Gasteiger partial charge in [0.25, 0.3) is 5.91 Å². The first kappa shape index (κ1) is 14.2. The zero-order valence-corrected chi connectivity index (χ0v) is 12.7. The zero-order chi connectivity index (χ0) is 16.0. The van der Waals surface area contributed by atoms with Crippen LogP contribution in [0.3, 0.4) is 0 Å². The number of hydrogen-bond donors (Lipinski definition) is 1. The maximum Gasteiger partial charge on any atom is 0.308 e.